The Morgan fingerprint density at radius 2 is 2.05 bits per heavy atom. The van der Waals surface area contributed by atoms with Gasteiger partial charge in [-0.3, -0.25) is 4.40 Å². The van der Waals surface area contributed by atoms with Crippen LogP contribution in [0.5, 0.6) is 0 Å². The summed E-state index contributed by atoms with van der Waals surface area (Å²) < 4.78 is 15.1. The minimum absolute atomic E-state index is 0.0184. The fraction of sp³-hybridized carbons (Fsp3) is 0.125. The molecule has 0 fully saturated rings. The van der Waals surface area contributed by atoms with Gasteiger partial charge in [0, 0.05) is 11.8 Å². The standard InChI is InChI=1S/C16H13FN2O2/c1-9-5-6-11(10(2)8-9)13-14(16(20)21)19-7-3-4-12(17)15(19)18-13/h3-8H,1-2H3,(H,20,21). The largest absolute Gasteiger partial charge is 0.476 e. The number of benzene rings is 1. The first-order chi connectivity index (χ1) is 9.99. The minimum Gasteiger partial charge on any atom is -0.476 e. The van der Waals surface area contributed by atoms with Gasteiger partial charge in [-0.1, -0.05) is 23.8 Å². The van der Waals surface area contributed by atoms with Gasteiger partial charge in [0.1, 0.15) is 5.69 Å². The monoisotopic (exact) mass is 284 g/mol. The molecule has 2 aromatic heterocycles. The molecular weight excluding hydrogens is 271 g/mol. The van der Waals surface area contributed by atoms with Crippen LogP contribution in [0, 0.1) is 19.7 Å². The van der Waals surface area contributed by atoms with E-state index < -0.39 is 11.8 Å². The third kappa shape index (κ3) is 2.07. The molecule has 3 aromatic rings. The van der Waals surface area contributed by atoms with E-state index in [4.69, 9.17) is 0 Å². The second-order valence-corrected chi connectivity index (χ2v) is 4.98. The quantitative estimate of drug-likeness (QED) is 0.784. The van der Waals surface area contributed by atoms with Crippen LogP contribution in [-0.4, -0.2) is 20.5 Å². The van der Waals surface area contributed by atoms with E-state index in [1.54, 1.807) is 0 Å². The maximum Gasteiger partial charge on any atom is 0.355 e. The van der Waals surface area contributed by atoms with Crippen molar-refractivity contribution in [1.29, 1.82) is 0 Å². The van der Waals surface area contributed by atoms with Gasteiger partial charge in [0.25, 0.3) is 0 Å². The highest BCUT2D eigenvalue weighted by Gasteiger charge is 2.22. The molecule has 0 saturated carbocycles. The van der Waals surface area contributed by atoms with E-state index in [0.29, 0.717) is 5.56 Å². The number of aromatic nitrogens is 2. The normalized spacial score (nSPS) is 11.0. The van der Waals surface area contributed by atoms with Crippen molar-refractivity contribution in [2.75, 3.05) is 0 Å². The maximum absolute atomic E-state index is 13.8. The Kier molecular flexibility index (Phi) is 2.97. The predicted octanol–water partition coefficient (Wildman–Crippen LogP) is 3.46. The number of pyridine rings is 1. The molecule has 0 aliphatic heterocycles. The molecule has 5 heteroatoms. The summed E-state index contributed by atoms with van der Waals surface area (Å²) in [6, 6.07) is 8.37. The zero-order valence-electron chi connectivity index (χ0n) is 11.6. The number of nitrogens with zero attached hydrogens (tertiary/aromatic N) is 2. The topological polar surface area (TPSA) is 54.6 Å². The molecule has 0 bridgehead atoms. The molecule has 0 atom stereocenters. The minimum atomic E-state index is -1.14. The lowest BCUT2D eigenvalue weighted by Gasteiger charge is -2.05. The molecule has 0 radical (unpaired) electrons. The Morgan fingerprint density at radius 1 is 1.29 bits per heavy atom. The number of carboxylic acid groups (broad SMARTS) is 1. The van der Waals surface area contributed by atoms with Crippen LogP contribution in [0.4, 0.5) is 4.39 Å². The van der Waals surface area contributed by atoms with E-state index >= 15 is 0 Å². The number of halogens is 1. The highest BCUT2D eigenvalue weighted by molar-refractivity contribution is 5.95. The molecule has 21 heavy (non-hydrogen) atoms. The number of aromatic carboxylic acids is 1. The first-order valence-electron chi connectivity index (χ1n) is 6.46. The van der Waals surface area contributed by atoms with Crippen LogP contribution >= 0.6 is 0 Å². The lowest BCUT2D eigenvalue weighted by atomic mass is 10.0. The molecule has 0 aliphatic rings. The number of imidazole rings is 1. The molecule has 106 valence electrons. The summed E-state index contributed by atoms with van der Waals surface area (Å²) >= 11 is 0. The highest BCUT2D eigenvalue weighted by Crippen LogP contribution is 2.28. The lowest BCUT2D eigenvalue weighted by Crippen LogP contribution is -2.04. The van der Waals surface area contributed by atoms with Crippen molar-refractivity contribution < 1.29 is 14.3 Å². The molecule has 1 aromatic carbocycles. The Labute approximate surface area is 120 Å². The molecule has 3 rings (SSSR count). The zero-order valence-corrected chi connectivity index (χ0v) is 11.6. The molecule has 0 spiro atoms. The van der Waals surface area contributed by atoms with Crippen molar-refractivity contribution in [2.24, 2.45) is 0 Å². The smallest absolute Gasteiger partial charge is 0.355 e. The lowest BCUT2D eigenvalue weighted by molar-refractivity contribution is 0.0690. The second-order valence-electron chi connectivity index (χ2n) is 4.98. The average molecular weight is 284 g/mol. The first-order valence-corrected chi connectivity index (χ1v) is 6.46. The number of carbonyl (C=O) groups is 1. The molecule has 0 unspecified atom stereocenters. The van der Waals surface area contributed by atoms with Gasteiger partial charge in [0.05, 0.1) is 0 Å². The predicted molar refractivity (Wildman–Crippen MR) is 77.0 cm³/mol. The second kappa shape index (κ2) is 4.70. The number of carboxylic acids is 1. The molecule has 0 aliphatic carbocycles. The number of hydrogen-bond acceptors (Lipinski definition) is 2. The fourth-order valence-electron chi connectivity index (χ4n) is 2.51. The van der Waals surface area contributed by atoms with E-state index in [0.717, 1.165) is 11.1 Å². The summed E-state index contributed by atoms with van der Waals surface area (Å²) in [4.78, 5) is 15.8. The number of fused-ring (bicyclic) bond motifs is 1. The van der Waals surface area contributed by atoms with Crippen molar-refractivity contribution in [2.45, 2.75) is 13.8 Å². The van der Waals surface area contributed by atoms with Crippen molar-refractivity contribution in [3.05, 3.63) is 59.2 Å². The Hall–Kier alpha value is -2.69. The van der Waals surface area contributed by atoms with Gasteiger partial charge in [-0.2, -0.15) is 0 Å². The summed E-state index contributed by atoms with van der Waals surface area (Å²) in [6.07, 6.45) is 1.50. The Balaban J connectivity index is 2.39. The highest BCUT2D eigenvalue weighted by atomic mass is 19.1. The Morgan fingerprint density at radius 3 is 2.71 bits per heavy atom. The third-order valence-corrected chi connectivity index (χ3v) is 3.44. The summed E-state index contributed by atoms with van der Waals surface area (Å²) in [6.45, 7) is 3.84. The fourth-order valence-corrected chi connectivity index (χ4v) is 2.51. The van der Waals surface area contributed by atoms with Crippen LogP contribution in [0.3, 0.4) is 0 Å². The van der Waals surface area contributed by atoms with Crippen molar-refractivity contribution >= 4 is 11.6 Å². The van der Waals surface area contributed by atoms with Crippen LogP contribution in [0.25, 0.3) is 16.9 Å². The summed E-state index contributed by atoms with van der Waals surface area (Å²) in [5.41, 5.74) is 2.94. The van der Waals surface area contributed by atoms with E-state index in [1.807, 2.05) is 32.0 Å². The van der Waals surface area contributed by atoms with Crippen LogP contribution in [0.15, 0.2) is 36.5 Å². The van der Waals surface area contributed by atoms with Gasteiger partial charge in [-0.15, -0.1) is 0 Å². The first kappa shape index (κ1) is 13.3. The van der Waals surface area contributed by atoms with Gasteiger partial charge >= 0.3 is 5.97 Å². The Bertz CT molecular complexity index is 868. The molecule has 2 heterocycles. The van der Waals surface area contributed by atoms with Crippen molar-refractivity contribution in [3.63, 3.8) is 0 Å². The number of aryl methyl sites for hydroxylation is 2. The van der Waals surface area contributed by atoms with E-state index in [-0.39, 0.29) is 17.0 Å². The van der Waals surface area contributed by atoms with Crippen LogP contribution < -0.4 is 0 Å². The zero-order chi connectivity index (χ0) is 15.1. The van der Waals surface area contributed by atoms with E-state index in [1.165, 1.54) is 22.7 Å². The van der Waals surface area contributed by atoms with Gasteiger partial charge in [0.15, 0.2) is 17.2 Å². The third-order valence-electron chi connectivity index (χ3n) is 3.44. The SMILES string of the molecule is Cc1ccc(-c2nc3c(F)cccn3c2C(=O)O)c(C)c1. The average Bonchev–Trinajstić information content (AvgIpc) is 2.79. The van der Waals surface area contributed by atoms with Crippen LogP contribution in [0.2, 0.25) is 0 Å². The molecule has 0 amide bonds. The van der Waals surface area contributed by atoms with Crippen LogP contribution in [0.1, 0.15) is 21.6 Å². The summed E-state index contributed by atoms with van der Waals surface area (Å²) in [5, 5.41) is 9.47. The maximum atomic E-state index is 13.8. The molecule has 4 nitrogen and oxygen atoms in total. The van der Waals surface area contributed by atoms with Gasteiger partial charge < -0.3 is 5.11 Å². The number of rotatable bonds is 2. The van der Waals surface area contributed by atoms with Gasteiger partial charge in [-0.05, 0) is 31.5 Å². The molecular formula is C16H13FN2O2. The van der Waals surface area contributed by atoms with Crippen molar-refractivity contribution in [1.82, 2.24) is 9.38 Å². The van der Waals surface area contributed by atoms with E-state index in [2.05, 4.69) is 4.98 Å². The van der Waals surface area contributed by atoms with Crippen LogP contribution in [-0.2, 0) is 0 Å². The number of hydrogen-bond donors (Lipinski definition) is 1. The summed E-state index contributed by atoms with van der Waals surface area (Å²) in [7, 11) is 0. The summed E-state index contributed by atoms with van der Waals surface area (Å²) in [5.74, 6) is -1.68. The molecule has 1 N–H and O–H groups in total. The van der Waals surface area contributed by atoms with E-state index in [9.17, 15) is 14.3 Å². The molecule has 0 saturated heterocycles. The van der Waals surface area contributed by atoms with Gasteiger partial charge in [0.2, 0.25) is 0 Å². The van der Waals surface area contributed by atoms with Crippen molar-refractivity contribution in [3.8, 4) is 11.3 Å². The van der Waals surface area contributed by atoms with Gasteiger partial charge in [-0.25, -0.2) is 14.2 Å².